The SMILES string of the molecule is CCCCN=C1CC(C)(C)CC(=O)C1=C(O)CCCCC(O)=C1C(=O)CC(C)(C)CC1=NCCCC. The highest BCUT2D eigenvalue weighted by atomic mass is 16.3. The maximum absolute atomic E-state index is 12.9. The molecule has 2 aliphatic carbocycles. The van der Waals surface area contributed by atoms with E-state index in [1.807, 2.05) is 0 Å². The summed E-state index contributed by atoms with van der Waals surface area (Å²) in [5.41, 5.74) is 1.97. The van der Waals surface area contributed by atoms with Crippen LogP contribution in [0, 0.1) is 10.8 Å². The number of aliphatic hydroxyl groups excluding tert-OH is 2. The fourth-order valence-electron chi connectivity index (χ4n) is 5.08. The Morgan fingerprint density at radius 2 is 1.03 bits per heavy atom. The average molecular weight is 501 g/mol. The lowest BCUT2D eigenvalue weighted by atomic mass is 9.73. The van der Waals surface area contributed by atoms with Crippen molar-refractivity contribution in [3.05, 3.63) is 22.7 Å². The molecule has 2 N–H and O–H groups in total. The van der Waals surface area contributed by atoms with E-state index in [0.29, 0.717) is 75.6 Å². The first-order valence-electron chi connectivity index (χ1n) is 13.9. The second-order valence-electron chi connectivity index (χ2n) is 12.1. The Balaban J connectivity index is 2.11. The number of aliphatic imine (C=N–C) groups is 2. The minimum atomic E-state index is -0.151. The van der Waals surface area contributed by atoms with Crippen LogP contribution in [0.2, 0.25) is 0 Å². The van der Waals surface area contributed by atoms with Gasteiger partial charge < -0.3 is 10.2 Å². The number of carbonyl (C=O) groups excluding carboxylic acids is 2. The summed E-state index contributed by atoms with van der Waals surface area (Å²) in [4.78, 5) is 35.1. The van der Waals surface area contributed by atoms with Gasteiger partial charge in [-0.15, -0.1) is 0 Å². The van der Waals surface area contributed by atoms with Crippen molar-refractivity contribution in [2.75, 3.05) is 13.1 Å². The summed E-state index contributed by atoms with van der Waals surface area (Å²) >= 11 is 0. The molecule has 0 radical (unpaired) electrons. The standard InChI is InChI=1S/C30H48N2O4/c1-7-9-15-31-21-17-29(3,4)19-25(35)27(21)23(33)13-11-12-14-24(34)28-22(32-16-10-8-2)18-30(5,6)20-26(28)36/h33-34H,7-20H2,1-6H3. The first kappa shape index (κ1) is 30.0. The number of Topliss-reactive ketones (excluding diaryl/α,β-unsaturated/α-hetero) is 2. The summed E-state index contributed by atoms with van der Waals surface area (Å²) in [5.74, 6) is 0.144. The molecule has 0 heterocycles. The molecule has 0 spiro atoms. The van der Waals surface area contributed by atoms with E-state index >= 15 is 0 Å². The number of hydrogen-bond donors (Lipinski definition) is 2. The quantitative estimate of drug-likeness (QED) is 0.175. The number of nitrogens with zero attached hydrogens (tertiary/aromatic N) is 2. The van der Waals surface area contributed by atoms with E-state index in [-0.39, 0.29) is 33.9 Å². The van der Waals surface area contributed by atoms with Gasteiger partial charge in [-0.1, -0.05) is 54.4 Å². The summed E-state index contributed by atoms with van der Waals surface area (Å²) in [7, 11) is 0. The van der Waals surface area contributed by atoms with Gasteiger partial charge in [-0.3, -0.25) is 19.6 Å². The fourth-order valence-corrected chi connectivity index (χ4v) is 5.08. The molecular formula is C30H48N2O4. The van der Waals surface area contributed by atoms with Crippen LogP contribution in [0.4, 0.5) is 0 Å². The van der Waals surface area contributed by atoms with E-state index < -0.39 is 0 Å². The van der Waals surface area contributed by atoms with Gasteiger partial charge >= 0.3 is 0 Å². The van der Waals surface area contributed by atoms with Crippen LogP contribution in [0.3, 0.4) is 0 Å². The van der Waals surface area contributed by atoms with Crippen molar-refractivity contribution in [3.63, 3.8) is 0 Å². The highest BCUT2D eigenvalue weighted by Crippen LogP contribution is 2.37. The summed E-state index contributed by atoms with van der Waals surface area (Å²) in [6.07, 6.45) is 8.09. The summed E-state index contributed by atoms with van der Waals surface area (Å²) < 4.78 is 0. The lowest BCUT2D eigenvalue weighted by Crippen LogP contribution is -2.33. The van der Waals surface area contributed by atoms with E-state index in [9.17, 15) is 19.8 Å². The number of rotatable bonds is 11. The van der Waals surface area contributed by atoms with Gasteiger partial charge in [0.1, 0.15) is 11.5 Å². The van der Waals surface area contributed by atoms with Crippen LogP contribution in [-0.4, -0.2) is 46.3 Å². The molecule has 0 bridgehead atoms. The molecule has 2 fully saturated rings. The molecule has 0 aromatic rings. The van der Waals surface area contributed by atoms with Crippen LogP contribution < -0.4 is 0 Å². The predicted octanol–water partition coefficient (Wildman–Crippen LogP) is 7.43. The summed E-state index contributed by atoms with van der Waals surface area (Å²) in [5, 5.41) is 21.7. The number of hydrogen-bond acceptors (Lipinski definition) is 6. The Morgan fingerprint density at radius 1 is 0.667 bits per heavy atom. The van der Waals surface area contributed by atoms with Crippen molar-refractivity contribution in [1.82, 2.24) is 0 Å². The molecule has 2 saturated carbocycles. The zero-order valence-corrected chi connectivity index (χ0v) is 23.5. The van der Waals surface area contributed by atoms with E-state index in [4.69, 9.17) is 0 Å². The Hall–Kier alpha value is -2.24. The third-order valence-corrected chi connectivity index (χ3v) is 6.99. The minimum Gasteiger partial charge on any atom is -0.511 e. The largest absolute Gasteiger partial charge is 0.511 e. The molecule has 2 aliphatic rings. The molecule has 6 heteroatoms. The molecule has 0 aromatic carbocycles. The average Bonchev–Trinajstić information content (AvgIpc) is 2.74. The Bertz CT molecular complexity index is 859. The van der Waals surface area contributed by atoms with E-state index in [1.165, 1.54) is 0 Å². The third-order valence-electron chi connectivity index (χ3n) is 6.99. The first-order chi connectivity index (χ1) is 16.9. The molecule has 0 unspecified atom stereocenters. The molecule has 36 heavy (non-hydrogen) atoms. The van der Waals surface area contributed by atoms with Gasteiger partial charge in [-0.05, 0) is 49.4 Å². The van der Waals surface area contributed by atoms with Crippen LogP contribution in [0.5, 0.6) is 0 Å². The smallest absolute Gasteiger partial charge is 0.168 e. The maximum atomic E-state index is 12.9. The van der Waals surface area contributed by atoms with Crippen LogP contribution in [0.25, 0.3) is 0 Å². The van der Waals surface area contributed by atoms with Crippen LogP contribution in [-0.2, 0) is 9.59 Å². The molecular weight excluding hydrogens is 452 g/mol. The Morgan fingerprint density at radius 3 is 1.36 bits per heavy atom. The summed E-state index contributed by atoms with van der Waals surface area (Å²) in [6, 6.07) is 0. The predicted molar refractivity (Wildman–Crippen MR) is 148 cm³/mol. The number of aliphatic hydroxyl groups is 2. The molecule has 202 valence electrons. The highest BCUT2D eigenvalue weighted by molar-refractivity contribution is 6.25. The minimum absolute atomic E-state index is 0.0349. The fraction of sp³-hybridized carbons (Fsp3) is 0.733. The van der Waals surface area contributed by atoms with Crippen molar-refractivity contribution in [2.24, 2.45) is 20.8 Å². The molecule has 6 nitrogen and oxygen atoms in total. The lowest BCUT2D eigenvalue weighted by Gasteiger charge is -2.31. The van der Waals surface area contributed by atoms with Crippen molar-refractivity contribution >= 4 is 23.0 Å². The number of unbranched alkanes of at least 4 members (excludes halogenated alkanes) is 3. The van der Waals surface area contributed by atoms with Crippen molar-refractivity contribution < 1.29 is 19.8 Å². The first-order valence-corrected chi connectivity index (χ1v) is 13.9. The van der Waals surface area contributed by atoms with Crippen molar-refractivity contribution in [1.29, 1.82) is 0 Å². The van der Waals surface area contributed by atoms with Crippen molar-refractivity contribution in [2.45, 2.75) is 119 Å². The number of carbonyl (C=O) groups is 2. The molecule has 2 rings (SSSR count). The summed E-state index contributed by atoms with van der Waals surface area (Å²) in [6.45, 7) is 13.8. The zero-order valence-electron chi connectivity index (χ0n) is 23.5. The van der Waals surface area contributed by atoms with Gasteiger partial charge in [0.15, 0.2) is 11.6 Å². The topological polar surface area (TPSA) is 99.3 Å². The van der Waals surface area contributed by atoms with Gasteiger partial charge in [0.25, 0.3) is 0 Å². The van der Waals surface area contributed by atoms with Gasteiger partial charge in [0.05, 0.1) is 11.1 Å². The zero-order chi connectivity index (χ0) is 26.9. The second-order valence-corrected chi connectivity index (χ2v) is 12.1. The van der Waals surface area contributed by atoms with E-state index in [2.05, 4.69) is 51.5 Å². The second kappa shape index (κ2) is 13.3. The normalized spacial score (nSPS) is 24.9. The van der Waals surface area contributed by atoms with Gasteiger partial charge in [0, 0.05) is 50.2 Å². The monoisotopic (exact) mass is 500 g/mol. The Labute approximate surface area is 218 Å². The molecule has 0 atom stereocenters. The van der Waals surface area contributed by atoms with E-state index in [0.717, 1.165) is 37.1 Å². The van der Waals surface area contributed by atoms with Gasteiger partial charge in [-0.2, -0.15) is 0 Å². The van der Waals surface area contributed by atoms with Crippen LogP contribution >= 0.6 is 0 Å². The molecule has 0 amide bonds. The van der Waals surface area contributed by atoms with Crippen molar-refractivity contribution in [3.8, 4) is 0 Å². The number of allylic oxidation sites excluding steroid dienone is 4. The van der Waals surface area contributed by atoms with Crippen LogP contribution in [0.15, 0.2) is 32.6 Å². The third kappa shape index (κ3) is 8.70. The van der Waals surface area contributed by atoms with Gasteiger partial charge in [0.2, 0.25) is 0 Å². The number of ketones is 2. The Kier molecular flexibility index (Phi) is 11.1. The maximum Gasteiger partial charge on any atom is 0.168 e. The molecule has 0 saturated heterocycles. The van der Waals surface area contributed by atoms with Gasteiger partial charge in [-0.25, -0.2) is 0 Å². The lowest BCUT2D eigenvalue weighted by molar-refractivity contribution is -0.118. The van der Waals surface area contributed by atoms with E-state index in [1.54, 1.807) is 0 Å². The highest BCUT2D eigenvalue weighted by Gasteiger charge is 2.37. The van der Waals surface area contributed by atoms with Crippen LogP contribution in [0.1, 0.15) is 119 Å². The molecule has 0 aromatic heterocycles. The molecule has 0 aliphatic heterocycles.